The molecule has 3 rings (SSSR count). The number of carbonyl (C=O) groups excluding carboxylic acids is 2. The van der Waals surface area contributed by atoms with Crippen LogP contribution in [0, 0.1) is 0 Å². The Bertz CT molecular complexity index is 605. The van der Waals surface area contributed by atoms with Gasteiger partial charge in [0.2, 0.25) is 0 Å². The molecule has 5 heteroatoms. The van der Waals surface area contributed by atoms with Crippen molar-refractivity contribution in [2.24, 2.45) is 0 Å². The lowest BCUT2D eigenvalue weighted by atomic mass is 10.1. The highest BCUT2D eigenvalue weighted by molar-refractivity contribution is 8.01. The van der Waals surface area contributed by atoms with E-state index in [0.29, 0.717) is 11.3 Å². The number of Topliss-reactive ketones (excluding diaryl/α,β-unsaturated/α-hetero) is 1. The molecule has 17 heavy (non-hydrogen) atoms. The number of hydrogen-bond acceptors (Lipinski definition) is 4. The Labute approximate surface area is 106 Å². The van der Waals surface area contributed by atoms with Crippen LogP contribution in [0.15, 0.2) is 44.8 Å². The van der Waals surface area contributed by atoms with Gasteiger partial charge in [-0.3, -0.25) is 9.59 Å². The first kappa shape index (κ1) is 10.6. The number of amides is 1. The Hall–Kier alpha value is -1.59. The van der Waals surface area contributed by atoms with Gasteiger partial charge in [-0.2, -0.15) is 0 Å². The average Bonchev–Trinajstić information content (AvgIpc) is 2.89. The minimum atomic E-state index is -0.543. The van der Waals surface area contributed by atoms with E-state index in [0.717, 1.165) is 4.90 Å². The van der Waals surface area contributed by atoms with E-state index in [9.17, 15) is 9.59 Å². The summed E-state index contributed by atoms with van der Waals surface area (Å²) < 4.78 is 1.18. The van der Waals surface area contributed by atoms with E-state index < -0.39 is 11.7 Å². The molecule has 0 radical (unpaired) electrons. The van der Waals surface area contributed by atoms with Gasteiger partial charge in [-0.25, -0.2) is 0 Å². The standard InChI is InChI=1S/C12H7NO2S2/c14-11-8-4-3-7(6-9(8)13-12(11)15)17-10-2-1-5-16-10/h1-6H,(H,13,14,15). The summed E-state index contributed by atoms with van der Waals surface area (Å²) in [5, 5.41) is 4.58. The molecule has 1 amide bonds. The number of rotatable bonds is 2. The Balaban J connectivity index is 1.93. The van der Waals surface area contributed by atoms with Gasteiger partial charge < -0.3 is 5.32 Å². The van der Waals surface area contributed by atoms with Gasteiger partial charge in [-0.05, 0) is 29.6 Å². The zero-order chi connectivity index (χ0) is 11.8. The van der Waals surface area contributed by atoms with Gasteiger partial charge in [0.15, 0.2) is 0 Å². The summed E-state index contributed by atoms with van der Waals surface area (Å²) in [7, 11) is 0. The fourth-order valence-corrected chi connectivity index (χ4v) is 3.42. The first-order chi connectivity index (χ1) is 8.24. The summed E-state index contributed by atoms with van der Waals surface area (Å²) in [5.41, 5.74) is 1.08. The largest absolute Gasteiger partial charge is 0.318 e. The van der Waals surface area contributed by atoms with Crippen LogP contribution in [0.25, 0.3) is 0 Å². The van der Waals surface area contributed by atoms with Gasteiger partial charge >= 0.3 is 0 Å². The van der Waals surface area contributed by atoms with Gasteiger partial charge in [0.1, 0.15) is 0 Å². The van der Waals surface area contributed by atoms with Crippen LogP contribution < -0.4 is 5.32 Å². The monoisotopic (exact) mass is 261 g/mol. The molecule has 1 aromatic carbocycles. The van der Waals surface area contributed by atoms with Crippen molar-refractivity contribution < 1.29 is 9.59 Å². The number of ketones is 1. The third-order valence-electron chi connectivity index (χ3n) is 2.40. The van der Waals surface area contributed by atoms with Crippen LogP contribution in [0.5, 0.6) is 0 Å². The fourth-order valence-electron chi connectivity index (χ4n) is 1.63. The number of anilines is 1. The Kier molecular flexibility index (Phi) is 2.49. The van der Waals surface area contributed by atoms with E-state index in [2.05, 4.69) is 5.32 Å². The number of nitrogens with one attached hydrogen (secondary N) is 1. The number of thiophene rings is 1. The SMILES string of the molecule is O=C1Nc2cc(Sc3cccs3)ccc2C1=O. The van der Waals surface area contributed by atoms with Gasteiger partial charge in [-0.1, -0.05) is 17.8 Å². The third-order valence-corrected chi connectivity index (χ3v) is 4.43. The lowest BCUT2D eigenvalue weighted by Crippen LogP contribution is -2.12. The molecule has 0 saturated heterocycles. The first-order valence-electron chi connectivity index (χ1n) is 4.95. The van der Waals surface area contributed by atoms with Crippen molar-refractivity contribution >= 4 is 40.5 Å². The molecule has 2 heterocycles. The van der Waals surface area contributed by atoms with Gasteiger partial charge in [0.05, 0.1) is 15.5 Å². The molecule has 3 nitrogen and oxygen atoms in total. The summed E-state index contributed by atoms with van der Waals surface area (Å²) in [5.74, 6) is -0.994. The molecule has 2 aromatic rings. The molecule has 0 fully saturated rings. The van der Waals surface area contributed by atoms with Crippen molar-refractivity contribution in [3.8, 4) is 0 Å². The van der Waals surface area contributed by atoms with Crippen molar-refractivity contribution in [1.29, 1.82) is 0 Å². The maximum atomic E-state index is 11.4. The molecule has 0 spiro atoms. The predicted octanol–water partition coefficient (Wildman–Crippen LogP) is 3.03. The molecule has 1 aliphatic heterocycles. The zero-order valence-corrected chi connectivity index (χ0v) is 10.2. The zero-order valence-electron chi connectivity index (χ0n) is 8.60. The molecule has 1 aliphatic rings. The van der Waals surface area contributed by atoms with Crippen molar-refractivity contribution in [1.82, 2.24) is 0 Å². The Morgan fingerprint density at radius 3 is 2.82 bits per heavy atom. The highest BCUT2D eigenvalue weighted by Gasteiger charge is 2.27. The molecule has 1 N–H and O–H groups in total. The second-order valence-electron chi connectivity index (χ2n) is 3.52. The lowest BCUT2D eigenvalue weighted by molar-refractivity contribution is -0.112. The summed E-state index contributed by atoms with van der Waals surface area (Å²) in [6.07, 6.45) is 0. The maximum absolute atomic E-state index is 11.4. The summed E-state index contributed by atoms with van der Waals surface area (Å²) >= 11 is 3.28. The first-order valence-corrected chi connectivity index (χ1v) is 6.65. The Morgan fingerprint density at radius 1 is 1.18 bits per heavy atom. The van der Waals surface area contributed by atoms with Crippen LogP contribution in [-0.2, 0) is 4.79 Å². The second kappa shape index (κ2) is 4.01. The fraction of sp³-hybridized carbons (Fsp3) is 0. The van der Waals surface area contributed by atoms with E-state index >= 15 is 0 Å². The second-order valence-corrected chi connectivity index (χ2v) is 5.85. The minimum Gasteiger partial charge on any atom is -0.318 e. The van der Waals surface area contributed by atoms with E-state index in [-0.39, 0.29) is 0 Å². The molecule has 0 unspecified atom stereocenters. The van der Waals surface area contributed by atoms with Crippen molar-refractivity contribution in [3.05, 3.63) is 41.3 Å². The smallest absolute Gasteiger partial charge is 0.296 e. The summed E-state index contributed by atoms with van der Waals surface area (Å²) in [6.45, 7) is 0. The molecular weight excluding hydrogens is 254 g/mol. The topological polar surface area (TPSA) is 46.2 Å². The van der Waals surface area contributed by atoms with Crippen molar-refractivity contribution in [3.63, 3.8) is 0 Å². The highest BCUT2D eigenvalue weighted by atomic mass is 32.2. The van der Waals surface area contributed by atoms with Crippen LogP contribution >= 0.6 is 23.1 Å². The number of fused-ring (bicyclic) bond motifs is 1. The Morgan fingerprint density at radius 2 is 2.06 bits per heavy atom. The van der Waals surface area contributed by atoms with Crippen LogP contribution in [0.3, 0.4) is 0 Å². The van der Waals surface area contributed by atoms with Gasteiger partial charge in [0, 0.05) is 4.90 Å². The maximum Gasteiger partial charge on any atom is 0.296 e. The van der Waals surface area contributed by atoms with Gasteiger partial charge in [-0.15, -0.1) is 11.3 Å². The molecular formula is C12H7NO2S2. The van der Waals surface area contributed by atoms with Crippen LogP contribution in [0.4, 0.5) is 5.69 Å². The van der Waals surface area contributed by atoms with Crippen molar-refractivity contribution in [2.45, 2.75) is 9.10 Å². The number of hydrogen-bond donors (Lipinski definition) is 1. The molecule has 0 bridgehead atoms. The molecule has 0 aliphatic carbocycles. The van der Waals surface area contributed by atoms with Gasteiger partial charge in [0.25, 0.3) is 11.7 Å². The van der Waals surface area contributed by atoms with Crippen LogP contribution in [-0.4, -0.2) is 11.7 Å². The molecule has 1 aromatic heterocycles. The van der Waals surface area contributed by atoms with E-state index in [4.69, 9.17) is 0 Å². The van der Waals surface area contributed by atoms with E-state index in [1.165, 1.54) is 4.21 Å². The van der Waals surface area contributed by atoms with Crippen molar-refractivity contribution in [2.75, 3.05) is 5.32 Å². The summed E-state index contributed by atoms with van der Waals surface area (Å²) in [4.78, 5) is 23.6. The number of benzene rings is 1. The normalized spacial score (nSPS) is 13.6. The minimum absolute atomic E-state index is 0.451. The molecule has 0 saturated carbocycles. The molecule has 84 valence electrons. The number of carbonyl (C=O) groups is 2. The van der Waals surface area contributed by atoms with Crippen LogP contribution in [0.1, 0.15) is 10.4 Å². The molecule has 0 atom stereocenters. The highest BCUT2D eigenvalue weighted by Crippen LogP contribution is 2.34. The van der Waals surface area contributed by atoms with Crippen LogP contribution in [0.2, 0.25) is 0 Å². The van der Waals surface area contributed by atoms with E-state index in [1.54, 1.807) is 29.2 Å². The van der Waals surface area contributed by atoms with E-state index in [1.807, 2.05) is 29.6 Å². The summed E-state index contributed by atoms with van der Waals surface area (Å²) in [6, 6.07) is 9.42. The third kappa shape index (κ3) is 1.87. The average molecular weight is 261 g/mol. The quantitative estimate of drug-likeness (QED) is 0.845. The lowest BCUT2D eigenvalue weighted by Gasteiger charge is -2.01. The predicted molar refractivity (Wildman–Crippen MR) is 67.8 cm³/mol.